The number of Topliss-reactive ketones (excluding diaryl/α,β-unsaturated/α-hetero) is 1. The van der Waals surface area contributed by atoms with Gasteiger partial charge in [-0.05, 0) is 68.1 Å². The van der Waals surface area contributed by atoms with Crippen LogP contribution in [0, 0.1) is 28.6 Å². The van der Waals surface area contributed by atoms with Crippen LogP contribution in [0.5, 0.6) is 0 Å². The van der Waals surface area contributed by atoms with Gasteiger partial charge in [-0.3, -0.25) is 4.79 Å². The van der Waals surface area contributed by atoms with E-state index in [9.17, 15) is 9.90 Å². The van der Waals surface area contributed by atoms with Crippen LogP contribution in [-0.2, 0) is 4.79 Å². The number of hydrogen-bond acceptors (Lipinski definition) is 2. The van der Waals surface area contributed by atoms with Crippen LogP contribution in [0.4, 0.5) is 0 Å². The minimum Gasteiger partial charge on any atom is -0.393 e. The van der Waals surface area contributed by atoms with Crippen LogP contribution in [0.2, 0.25) is 0 Å². The van der Waals surface area contributed by atoms with E-state index in [1.165, 1.54) is 12.0 Å². The molecule has 4 rings (SSSR count). The molecule has 0 aromatic carbocycles. The van der Waals surface area contributed by atoms with Gasteiger partial charge in [-0.25, -0.2) is 0 Å². The highest BCUT2D eigenvalue weighted by atomic mass is 16.3. The van der Waals surface area contributed by atoms with E-state index in [-0.39, 0.29) is 11.5 Å². The van der Waals surface area contributed by atoms with Crippen molar-refractivity contribution in [2.24, 2.45) is 28.6 Å². The molecule has 0 amide bonds. The van der Waals surface area contributed by atoms with Crippen LogP contribution in [0.15, 0.2) is 11.6 Å². The Bertz CT molecular complexity index is 508. The summed E-state index contributed by atoms with van der Waals surface area (Å²) in [7, 11) is 0. The van der Waals surface area contributed by atoms with E-state index in [0.29, 0.717) is 23.0 Å². The lowest BCUT2D eigenvalue weighted by atomic mass is 9.48. The van der Waals surface area contributed by atoms with Gasteiger partial charge in [-0.15, -0.1) is 0 Å². The zero-order valence-corrected chi connectivity index (χ0v) is 15.4. The summed E-state index contributed by atoms with van der Waals surface area (Å²) in [5, 5.41) is 10.00. The van der Waals surface area contributed by atoms with Crippen molar-refractivity contribution in [3.05, 3.63) is 11.6 Å². The summed E-state index contributed by atoms with van der Waals surface area (Å²) in [5.74, 6) is 2.60. The van der Waals surface area contributed by atoms with E-state index in [1.807, 2.05) is 13.8 Å². The molecule has 4 aliphatic rings. The minimum atomic E-state index is -0.122. The Morgan fingerprint density at radius 2 is 1.70 bits per heavy atom. The number of hydrogen-bond donors (Lipinski definition) is 1. The van der Waals surface area contributed by atoms with E-state index >= 15 is 0 Å². The highest BCUT2D eigenvalue weighted by molar-refractivity contribution is 5.87. The summed E-state index contributed by atoms with van der Waals surface area (Å²) in [5.41, 5.74) is 1.81. The number of fused-ring (bicyclic) bond motifs is 5. The molecule has 23 heavy (non-hydrogen) atoms. The van der Waals surface area contributed by atoms with E-state index in [1.54, 1.807) is 0 Å². The Balaban J connectivity index is 0.000000753. The van der Waals surface area contributed by atoms with Gasteiger partial charge in [0.1, 0.15) is 5.78 Å². The summed E-state index contributed by atoms with van der Waals surface area (Å²) in [6, 6.07) is 0. The maximum Gasteiger partial charge on any atom is 0.139 e. The number of rotatable bonds is 0. The Labute approximate surface area is 141 Å². The molecule has 4 aliphatic carbocycles. The predicted octanol–water partition coefficient (Wildman–Crippen LogP) is 4.91. The van der Waals surface area contributed by atoms with Gasteiger partial charge < -0.3 is 5.11 Å². The van der Waals surface area contributed by atoms with Gasteiger partial charge in [0.2, 0.25) is 0 Å². The van der Waals surface area contributed by atoms with E-state index in [2.05, 4.69) is 19.9 Å². The van der Waals surface area contributed by atoms with Crippen LogP contribution in [-0.4, -0.2) is 17.0 Å². The van der Waals surface area contributed by atoms with Crippen LogP contribution in [0.3, 0.4) is 0 Å². The zero-order chi connectivity index (χ0) is 16.8. The topological polar surface area (TPSA) is 37.3 Å². The summed E-state index contributed by atoms with van der Waals surface area (Å²) in [4.78, 5) is 12.4. The second-order valence-electron chi connectivity index (χ2n) is 8.57. The quantitative estimate of drug-likeness (QED) is 0.645. The van der Waals surface area contributed by atoms with Crippen molar-refractivity contribution in [3.8, 4) is 0 Å². The van der Waals surface area contributed by atoms with Gasteiger partial charge in [0.05, 0.1) is 6.10 Å². The molecule has 6 atom stereocenters. The molecular formula is C21H34O2. The first-order valence-corrected chi connectivity index (χ1v) is 9.86. The zero-order valence-electron chi connectivity index (χ0n) is 15.4. The molecule has 3 fully saturated rings. The predicted molar refractivity (Wildman–Crippen MR) is 94.1 cm³/mol. The lowest BCUT2D eigenvalue weighted by molar-refractivity contribution is -0.132. The second kappa shape index (κ2) is 6.02. The van der Waals surface area contributed by atoms with Gasteiger partial charge >= 0.3 is 0 Å². The summed E-state index contributed by atoms with van der Waals surface area (Å²) in [6.45, 7) is 8.69. The molecule has 3 saturated carbocycles. The number of carbonyl (C=O) groups excluding carboxylic acids is 1. The first-order valence-electron chi connectivity index (χ1n) is 9.86. The monoisotopic (exact) mass is 318 g/mol. The van der Waals surface area contributed by atoms with Gasteiger partial charge in [0.15, 0.2) is 0 Å². The molecule has 0 aliphatic heterocycles. The smallest absolute Gasteiger partial charge is 0.139 e. The van der Waals surface area contributed by atoms with Crippen molar-refractivity contribution in [1.29, 1.82) is 0 Å². The highest BCUT2D eigenvalue weighted by Gasteiger charge is 2.58. The first-order chi connectivity index (χ1) is 10.9. The molecule has 130 valence electrons. The van der Waals surface area contributed by atoms with Crippen molar-refractivity contribution in [3.63, 3.8) is 0 Å². The summed E-state index contributed by atoms with van der Waals surface area (Å²) < 4.78 is 0. The summed E-state index contributed by atoms with van der Waals surface area (Å²) >= 11 is 0. The Kier molecular flexibility index (Phi) is 4.50. The Morgan fingerprint density at radius 1 is 1.04 bits per heavy atom. The standard InChI is InChI=1S/C19H28O2.C2H6/c1-18-9-7-13(20)11-12(18)3-4-14-15-5-6-17(21)19(15,2)10-8-16(14)18;1-2/h3,13-16,20H,4-11H2,1-2H3;1-2H3/t13-,14-,15?,16?,18-,19-;/m0./s1. The van der Waals surface area contributed by atoms with Crippen molar-refractivity contribution in [1.82, 2.24) is 0 Å². The lowest BCUT2D eigenvalue weighted by Crippen LogP contribution is -2.50. The fourth-order valence-corrected chi connectivity index (χ4v) is 6.41. The average molecular weight is 319 g/mol. The molecule has 0 aromatic heterocycles. The third kappa shape index (κ3) is 2.44. The first kappa shape index (κ1) is 17.2. The van der Waals surface area contributed by atoms with Crippen LogP contribution in [0.1, 0.15) is 79.1 Å². The SMILES string of the molecule is CC.C[C@]12CC[C@H](O)CC1=CC[C@@H]1C2CC[C@]2(C)C(=O)CCC12. The molecule has 0 radical (unpaired) electrons. The lowest BCUT2D eigenvalue weighted by Gasteiger charge is -2.56. The van der Waals surface area contributed by atoms with Crippen LogP contribution in [0.25, 0.3) is 0 Å². The van der Waals surface area contributed by atoms with Crippen molar-refractivity contribution in [2.45, 2.75) is 85.2 Å². The molecule has 0 bridgehead atoms. The van der Waals surface area contributed by atoms with Crippen molar-refractivity contribution in [2.75, 3.05) is 0 Å². The highest BCUT2D eigenvalue weighted by Crippen LogP contribution is 2.63. The maximum atomic E-state index is 12.4. The maximum absolute atomic E-state index is 12.4. The van der Waals surface area contributed by atoms with Gasteiger partial charge in [0.25, 0.3) is 0 Å². The molecule has 0 aromatic rings. The molecule has 1 N–H and O–H groups in total. The van der Waals surface area contributed by atoms with E-state index < -0.39 is 0 Å². The number of ketones is 1. The Hall–Kier alpha value is -0.630. The van der Waals surface area contributed by atoms with Gasteiger partial charge in [0, 0.05) is 11.8 Å². The number of carbonyl (C=O) groups is 1. The van der Waals surface area contributed by atoms with Gasteiger partial charge in [-0.2, -0.15) is 0 Å². The van der Waals surface area contributed by atoms with E-state index in [0.717, 1.165) is 50.9 Å². The van der Waals surface area contributed by atoms with Crippen LogP contribution < -0.4 is 0 Å². The largest absolute Gasteiger partial charge is 0.393 e. The number of aliphatic hydroxyl groups is 1. The molecule has 0 spiro atoms. The molecule has 0 saturated heterocycles. The van der Waals surface area contributed by atoms with Crippen molar-refractivity contribution < 1.29 is 9.90 Å². The fraction of sp³-hybridized carbons (Fsp3) is 0.857. The molecule has 2 heteroatoms. The van der Waals surface area contributed by atoms with Gasteiger partial charge in [-0.1, -0.05) is 39.3 Å². The minimum absolute atomic E-state index is 0.0168. The number of aliphatic hydroxyl groups excluding tert-OH is 1. The third-order valence-electron chi connectivity index (χ3n) is 7.79. The normalized spacial score (nSPS) is 48.4. The molecule has 2 unspecified atom stereocenters. The molecule has 2 nitrogen and oxygen atoms in total. The van der Waals surface area contributed by atoms with Crippen molar-refractivity contribution >= 4 is 5.78 Å². The number of allylic oxidation sites excluding steroid dienone is 1. The van der Waals surface area contributed by atoms with Crippen LogP contribution >= 0.6 is 0 Å². The van der Waals surface area contributed by atoms with E-state index in [4.69, 9.17) is 0 Å². The summed E-state index contributed by atoms with van der Waals surface area (Å²) in [6.07, 6.45) is 10.7. The fourth-order valence-electron chi connectivity index (χ4n) is 6.41. The molecule has 0 heterocycles. The average Bonchev–Trinajstić information content (AvgIpc) is 2.86. The second-order valence-corrected chi connectivity index (χ2v) is 8.57. The third-order valence-corrected chi connectivity index (χ3v) is 7.79. The Morgan fingerprint density at radius 3 is 2.43 bits per heavy atom. The molecular weight excluding hydrogens is 284 g/mol.